The SMILES string of the molecule is CC1(C)CN=C(Nc2cc(F)cc(Cl)c2)SC1. The minimum absolute atomic E-state index is 0.232. The summed E-state index contributed by atoms with van der Waals surface area (Å²) >= 11 is 7.44. The highest BCUT2D eigenvalue weighted by molar-refractivity contribution is 8.14. The number of halogens is 2. The highest BCUT2D eigenvalue weighted by Gasteiger charge is 2.23. The molecule has 0 amide bonds. The molecule has 0 unspecified atom stereocenters. The standard InChI is InChI=1S/C12H14ClFN2S/c1-12(2)6-15-11(17-7-12)16-10-4-8(13)3-9(14)5-10/h3-5H,6-7H2,1-2H3,(H,15,16). The number of nitrogens with zero attached hydrogens (tertiary/aromatic N) is 1. The van der Waals surface area contributed by atoms with Crippen molar-refractivity contribution < 1.29 is 4.39 Å². The van der Waals surface area contributed by atoms with E-state index in [9.17, 15) is 4.39 Å². The number of benzene rings is 1. The molecular weight excluding hydrogens is 259 g/mol. The third-order valence-corrected chi connectivity index (χ3v) is 4.01. The van der Waals surface area contributed by atoms with E-state index in [1.54, 1.807) is 17.8 Å². The molecule has 1 N–H and O–H groups in total. The van der Waals surface area contributed by atoms with Crippen LogP contribution >= 0.6 is 23.4 Å². The van der Waals surface area contributed by atoms with E-state index in [0.29, 0.717) is 10.7 Å². The molecule has 1 aromatic carbocycles. The van der Waals surface area contributed by atoms with Crippen LogP contribution in [0.5, 0.6) is 0 Å². The molecule has 0 radical (unpaired) electrons. The topological polar surface area (TPSA) is 24.4 Å². The van der Waals surface area contributed by atoms with Crippen LogP contribution in [0.25, 0.3) is 0 Å². The first-order valence-corrected chi connectivity index (χ1v) is 6.71. The van der Waals surface area contributed by atoms with Gasteiger partial charge >= 0.3 is 0 Å². The van der Waals surface area contributed by atoms with Gasteiger partial charge in [-0.05, 0) is 23.6 Å². The Morgan fingerprint density at radius 2 is 2.18 bits per heavy atom. The lowest BCUT2D eigenvalue weighted by Crippen LogP contribution is -2.27. The zero-order valence-electron chi connectivity index (χ0n) is 9.76. The smallest absolute Gasteiger partial charge is 0.161 e. The summed E-state index contributed by atoms with van der Waals surface area (Å²) in [4.78, 5) is 4.44. The van der Waals surface area contributed by atoms with Crippen molar-refractivity contribution >= 4 is 34.2 Å². The first kappa shape index (κ1) is 12.7. The lowest BCUT2D eigenvalue weighted by molar-refractivity contribution is 0.438. The highest BCUT2D eigenvalue weighted by atomic mass is 35.5. The van der Waals surface area contributed by atoms with Crippen molar-refractivity contribution in [2.45, 2.75) is 13.8 Å². The van der Waals surface area contributed by atoms with Crippen LogP contribution in [-0.4, -0.2) is 17.5 Å². The Hall–Kier alpha value is -0.740. The van der Waals surface area contributed by atoms with Crippen LogP contribution < -0.4 is 5.32 Å². The van der Waals surface area contributed by atoms with Crippen molar-refractivity contribution in [3.8, 4) is 0 Å². The van der Waals surface area contributed by atoms with E-state index in [0.717, 1.165) is 17.5 Å². The summed E-state index contributed by atoms with van der Waals surface area (Å²) in [7, 11) is 0. The monoisotopic (exact) mass is 272 g/mol. The van der Waals surface area contributed by atoms with E-state index in [-0.39, 0.29) is 11.2 Å². The summed E-state index contributed by atoms with van der Waals surface area (Å²) in [6.07, 6.45) is 0. The van der Waals surface area contributed by atoms with Crippen LogP contribution in [0.3, 0.4) is 0 Å². The van der Waals surface area contributed by atoms with E-state index >= 15 is 0 Å². The normalized spacial score (nSPS) is 18.7. The Morgan fingerprint density at radius 1 is 1.41 bits per heavy atom. The largest absolute Gasteiger partial charge is 0.335 e. The number of aliphatic imine (C=N–C) groups is 1. The number of amidine groups is 1. The minimum Gasteiger partial charge on any atom is -0.335 e. The molecular formula is C12H14ClFN2S. The molecule has 2 rings (SSSR count). The van der Waals surface area contributed by atoms with Gasteiger partial charge < -0.3 is 5.32 Å². The third kappa shape index (κ3) is 3.61. The van der Waals surface area contributed by atoms with Gasteiger partial charge in [-0.3, -0.25) is 4.99 Å². The van der Waals surface area contributed by atoms with Crippen molar-refractivity contribution in [2.24, 2.45) is 10.4 Å². The molecule has 5 heteroatoms. The van der Waals surface area contributed by atoms with E-state index in [4.69, 9.17) is 11.6 Å². The fourth-order valence-corrected chi connectivity index (χ4v) is 2.65. The molecule has 0 saturated carbocycles. The van der Waals surface area contributed by atoms with Crippen molar-refractivity contribution in [1.82, 2.24) is 0 Å². The van der Waals surface area contributed by atoms with Crippen LogP contribution in [0.1, 0.15) is 13.8 Å². The molecule has 0 saturated heterocycles. The molecule has 1 aliphatic heterocycles. The average Bonchev–Trinajstić information content (AvgIpc) is 2.20. The summed E-state index contributed by atoms with van der Waals surface area (Å²) in [5, 5.41) is 4.30. The minimum atomic E-state index is -0.346. The van der Waals surface area contributed by atoms with Gasteiger partial charge in [-0.25, -0.2) is 4.39 Å². The maximum atomic E-state index is 13.1. The summed E-state index contributed by atoms with van der Waals surface area (Å²) in [5.41, 5.74) is 0.871. The van der Waals surface area contributed by atoms with E-state index in [2.05, 4.69) is 24.2 Å². The van der Waals surface area contributed by atoms with Crippen molar-refractivity contribution in [2.75, 3.05) is 17.6 Å². The van der Waals surface area contributed by atoms with Crippen LogP contribution in [0.2, 0.25) is 5.02 Å². The second kappa shape index (κ2) is 4.86. The number of hydrogen-bond acceptors (Lipinski definition) is 3. The maximum absolute atomic E-state index is 13.1. The average molecular weight is 273 g/mol. The summed E-state index contributed by atoms with van der Waals surface area (Å²) in [6.45, 7) is 5.14. The third-order valence-electron chi connectivity index (χ3n) is 2.36. The van der Waals surface area contributed by atoms with Gasteiger partial charge in [0.2, 0.25) is 0 Å². The Bertz CT molecular complexity index is 440. The predicted molar refractivity (Wildman–Crippen MR) is 73.6 cm³/mol. The van der Waals surface area contributed by atoms with Crippen LogP contribution in [0.4, 0.5) is 10.1 Å². The molecule has 1 aliphatic rings. The number of nitrogens with one attached hydrogen (secondary N) is 1. The quantitative estimate of drug-likeness (QED) is 0.835. The molecule has 0 atom stereocenters. The van der Waals surface area contributed by atoms with Gasteiger partial charge in [-0.15, -0.1) is 0 Å². The van der Waals surface area contributed by atoms with Gasteiger partial charge in [0, 0.05) is 23.0 Å². The van der Waals surface area contributed by atoms with Gasteiger partial charge in [0.1, 0.15) is 5.82 Å². The zero-order chi connectivity index (χ0) is 12.5. The maximum Gasteiger partial charge on any atom is 0.161 e. The van der Waals surface area contributed by atoms with Crippen LogP contribution in [0, 0.1) is 11.2 Å². The van der Waals surface area contributed by atoms with Crippen LogP contribution in [-0.2, 0) is 0 Å². The molecule has 17 heavy (non-hydrogen) atoms. The number of anilines is 1. The second-order valence-corrected chi connectivity index (χ2v) is 6.26. The van der Waals surface area contributed by atoms with E-state index < -0.39 is 0 Å². The van der Waals surface area contributed by atoms with Gasteiger partial charge in [-0.2, -0.15) is 0 Å². The van der Waals surface area contributed by atoms with Crippen molar-refractivity contribution in [3.05, 3.63) is 29.0 Å². The predicted octanol–water partition coefficient (Wildman–Crippen LogP) is 4.02. The summed E-state index contributed by atoms with van der Waals surface area (Å²) in [5.74, 6) is 0.656. The summed E-state index contributed by atoms with van der Waals surface area (Å²) < 4.78 is 13.1. The molecule has 0 spiro atoms. The molecule has 92 valence electrons. The van der Waals surface area contributed by atoms with Gasteiger partial charge in [0.25, 0.3) is 0 Å². The zero-order valence-corrected chi connectivity index (χ0v) is 11.3. The molecule has 0 aromatic heterocycles. The van der Waals surface area contributed by atoms with Gasteiger partial charge in [0.05, 0.1) is 0 Å². The van der Waals surface area contributed by atoms with Gasteiger partial charge in [0.15, 0.2) is 5.17 Å². The van der Waals surface area contributed by atoms with Crippen LogP contribution in [0.15, 0.2) is 23.2 Å². The first-order chi connectivity index (χ1) is 7.94. The molecule has 0 fully saturated rings. The second-order valence-electron chi connectivity index (χ2n) is 4.86. The molecule has 0 bridgehead atoms. The fraction of sp³-hybridized carbons (Fsp3) is 0.417. The Labute approximate surface area is 110 Å². The van der Waals surface area contributed by atoms with Gasteiger partial charge in [-0.1, -0.05) is 37.2 Å². The number of thioether (sulfide) groups is 1. The highest BCUT2D eigenvalue weighted by Crippen LogP contribution is 2.29. The van der Waals surface area contributed by atoms with Crippen molar-refractivity contribution in [1.29, 1.82) is 0 Å². The Kier molecular flexibility index (Phi) is 3.64. The number of hydrogen-bond donors (Lipinski definition) is 1. The molecule has 0 aliphatic carbocycles. The molecule has 1 heterocycles. The lowest BCUT2D eigenvalue weighted by Gasteiger charge is -2.27. The molecule has 2 nitrogen and oxygen atoms in total. The lowest BCUT2D eigenvalue weighted by atomic mass is 9.97. The van der Waals surface area contributed by atoms with E-state index in [1.165, 1.54) is 12.1 Å². The fourth-order valence-electron chi connectivity index (χ4n) is 1.47. The Morgan fingerprint density at radius 3 is 2.76 bits per heavy atom. The first-order valence-electron chi connectivity index (χ1n) is 5.35. The molecule has 1 aromatic rings. The van der Waals surface area contributed by atoms with E-state index in [1.807, 2.05) is 0 Å². The summed E-state index contributed by atoms with van der Waals surface area (Å²) in [6, 6.07) is 4.38. The Balaban J connectivity index is 2.09. The number of rotatable bonds is 1. The van der Waals surface area contributed by atoms with Crippen molar-refractivity contribution in [3.63, 3.8) is 0 Å².